The van der Waals surface area contributed by atoms with E-state index >= 15 is 0 Å². The molecule has 0 bridgehead atoms. The van der Waals surface area contributed by atoms with Crippen molar-refractivity contribution in [3.8, 4) is 0 Å². The highest BCUT2D eigenvalue weighted by atomic mass is 16.3. The number of imidazole rings is 1. The Morgan fingerprint density at radius 1 is 1.48 bits per heavy atom. The van der Waals surface area contributed by atoms with E-state index in [0.717, 1.165) is 38.2 Å². The molecule has 3 rings (SSSR count). The number of aromatic nitrogens is 2. The van der Waals surface area contributed by atoms with Crippen molar-refractivity contribution in [3.63, 3.8) is 0 Å². The molecule has 1 fully saturated rings. The van der Waals surface area contributed by atoms with E-state index in [-0.39, 0.29) is 5.91 Å². The van der Waals surface area contributed by atoms with Gasteiger partial charge in [0.15, 0.2) is 5.76 Å². The average Bonchev–Trinajstić information content (AvgIpc) is 3.17. The average molecular weight is 315 g/mol. The number of carbonyl (C=O) groups excluding carboxylic acids is 1. The number of piperidine rings is 1. The molecule has 0 aliphatic carbocycles. The molecule has 1 aliphatic heterocycles. The number of likely N-dealkylation sites (tertiary alicyclic amines) is 1. The normalized spacial score (nSPS) is 18.6. The van der Waals surface area contributed by atoms with Crippen LogP contribution in [0.5, 0.6) is 0 Å². The minimum atomic E-state index is 0.00285. The lowest BCUT2D eigenvalue weighted by atomic mass is 9.94. The zero-order valence-electron chi connectivity index (χ0n) is 14.2. The summed E-state index contributed by atoms with van der Waals surface area (Å²) in [6, 6.07) is 3.91. The summed E-state index contributed by atoms with van der Waals surface area (Å²) in [6.45, 7) is 8.07. The first kappa shape index (κ1) is 15.8. The summed E-state index contributed by atoms with van der Waals surface area (Å²) < 4.78 is 7.55. The van der Waals surface area contributed by atoms with Crippen molar-refractivity contribution in [2.75, 3.05) is 13.1 Å². The van der Waals surface area contributed by atoms with Gasteiger partial charge >= 0.3 is 0 Å². The lowest BCUT2D eigenvalue weighted by molar-refractivity contribution is 0.0639. The Hall–Kier alpha value is -2.04. The number of furan rings is 1. The van der Waals surface area contributed by atoms with Gasteiger partial charge in [0.1, 0.15) is 5.82 Å². The van der Waals surface area contributed by atoms with Gasteiger partial charge in [0, 0.05) is 37.4 Å². The number of hydrogen-bond acceptors (Lipinski definition) is 3. The van der Waals surface area contributed by atoms with Gasteiger partial charge in [-0.2, -0.15) is 0 Å². The molecule has 0 N–H and O–H groups in total. The van der Waals surface area contributed by atoms with Crippen LogP contribution >= 0.6 is 0 Å². The van der Waals surface area contributed by atoms with Gasteiger partial charge in [-0.25, -0.2) is 4.98 Å². The van der Waals surface area contributed by atoms with E-state index in [1.54, 1.807) is 18.4 Å². The lowest BCUT2D eigenvalue weighted by Gasteiger charge is -2.32. The van der Waals surface area contributed by atoms with Gasteiger partial charge in [0.2, 0.25) is 0 Å². The molecule has 1 amide bonds. The Labute approximate surface area is 137 Å². The van der Waals surface area contributed by atoms with Crippen LogP contribution in [0.3, 0.4) is 0 Å². The minimum absolute atomic E-state index is 0.00285. The van der Waals surface area contributed by atoms with E-state index in [1.165, 1.54) is 5.69 Å². The zero-order valence-corrected chi connectivity index (χ0v) is 14.2. The summed E-state index contributed by atoms with van der Waals surface area (Å²) in [5.74, 6) is 2.03. The van der Waals surface area contributed by atoms with Crippen molar-refractivity contribution in [2.24, 2.45) is 5.92 Å². The monoisotopic (exact) mass is 315 g/mol. The molecule has 1 aliphatic rings. The predicted octanol–water partition coefficient (Wildman–Crippen LogP) is 3.46. The molecule has 23 heavy (non-hydrogen) atoms. The Bertz CT molecular complexity index is 658. The second kappa shape index (κ2) is 6.60. The fourth-order valence-corrected chi connectivity index (χ4v) is 3.58. The molecule has 5 heteroatoms. The fourth-order valence-electron chi connectivity index (χ4n) is 3.58. The number of carbonyl (C=O) groups is 1. The van der Waals surface area contributed by atoms with Crippen molar-refractivity contribution in [3.05, 3.63) is 41.9 Å². The molecule has 0 aromatic carbocycles. The SMILES string of the molecule is Cc1cnc(CC2CCCN(C(=O)c3ccco3)C2)n1C(C)C. The minimum Gasteiger partial charge on any atom is -0.459 e. The van der Waals surface area contributed by atoms with E-state index in [0.29, 0.717) is 17.7 Å². The van der Waals surface area contributed by atoms with Gasteiger partial charge in [0.05, 0.1) is 6.26 Å². The quantitative estimate of drug-likeness (QED) is 0.868. The summed E-state index contributed by atoms with van der Waals surface area (Å²) in [5.41, 5.74) is 1.20. The molecule has 1 unspecified atom stereocenters. The van der Waals surface area contributed by atoms with Gasteiger partial charge in [-0.15, -0.1) is 0 Å². The summed E-state index contributed by atoms with van der Waals surface area (Å²) in [5, 5.41) is 0. The van der Waals surface area contributed by atoms with Crippen molar-refractivity contribution >= 4 is 5.91 Å². The maximum absolute atomic E-state index is 12.4. The molecule has 5 nitrogen and oxygen atoms in total. The molecule has 2 aromatic rings. The maximum atomic E-state index is 12.4. The third-order valence-corrected chi connectivity index (χ3v) is 4.58. The smallest absolute Gasteiger partial charge is 0.289 e. The first-order valence-electron chi connectivity index (χ1n) is 8.41. The highest BCUT2D eigenvalue weighted by Gasteiger charge is 2.27. The number of aryl methyl sites for hydroxylation is 1. The Morgan fingerprint density at radius 3 is 3.00 bits per heavy atom. The van der Waals surface area contributed by atoms with Crippen LogP contribution in [-0.4, -0.2) is 33.4 Å². The number of rotatable bonds is 4. The molecule has 0 radical (unpaired) electrons. The van der Waals surface area contributed by atoms with E-state index in [4.69, 9.17) is 4.42 Å². The highest BCUT2D eigenvalue weighted by molar-refractivity contribution is 5.91. The summed E-state index contributed by atoms with van der Waals surface area (Å²) in [7, 11) is 0. The standard InChI is InChI=1S/C18H25N3O2/c1-13(2)21-14(3)11-19-17(21)10-15-6-4-8-20(12-15)18(22)16-7-5-9-23-16/h5,7,9,11,13,15H,4,6,8,10,12H2,1-3H3. The number of amides is 1. The van der Waals surface area contributed by atoms with Crippen molar-refractivity contribution in [2.45, 2.75) is 46.1 Å². The van der Waals surface area contributed by atoms with E-state index < -0.39 is 0 Å². The van der Waals surface area contributed by atoms with E-state index in [2.05, 4.69) is 30.3 Å². The van der Waals surface area contributed by atoms with Crippen LogP contribution in [0.1, 0.15) is 54.8 Å². The molecule has 0 spiro atoms. The van der Waals surface area contributed by atoms with Crippen LogP contribution in [0, 0.1) is 12.8 Å². The van der Waals surface area contributed by atoms with Gasteiger partial charge in [-0.1, -0.05) is 0 Å². The van der Waals surface area contributed by atoms with Gasteiger partial charge in [0.25, 0.3) is 5.91 Å². The maximum Gasteiger partial charge on any atom is 0.289 e. The molecule has 2 aromatic heterocycles. The topological polar surface area (TPSA) is 51.3 Å². The van der Waals surface area contributed by atoms with Crippen LogP contribution in [0.4, 0.5) is 0 Å². The first-order chi connectivity index (χ1) is 11.1. The largest absolute Gasteiger partial charge is 0.459 e. The highest BCUT2D eigenvalue weighted by Crippen LogP contribution is 2.24. The van der Waals surface area contributed by atoms with Crippen LogP contribution in [0.15, 0.2) is 29.0 Å². The van der Waals surface area contributed by atoms with Crippen LogP contribution < -0.4 is 0 Å². The molecule has 1 atom stereocenters. The van der Waals surface area contributed by atoms with Gasteiger partial charge in [-0.3, -0.25) is 4.79 Å². The molecule has 3 heterocycles. The fraction of sp³-hybridized carbons (Fsp3) is 0.556. The predicted molar refractivity (Wildman–Crippen MR) is 88.4 cm³/mol. The third-order valence-electron chi connectivity index (χ3n) is 4.58. The number of nitrogens with zero attached hydrogens (tertiary/aromatic N) is 3. The Kier molecular flexibility index (Phi) is 4.55. The van der Waals surface area contributed by atoms with Crippen molar-refractivity contribution < 1.29 is 9.21 Å². The van der Waals surface area contributed by atoms with Crippen LogP contribution in [-0.2, 0) is 6.42 Å². The van der Waals surface area contributed by atoms with Gasteiger partial charge < -0.3 is 13.9 Å². The van der Waals surface area contributed by atoms with Gasteiger partial charge in [-0.05, 0) is 51.7 Å². The summed E-state index contributed by atoms with van der Waals surface area (Å²) in [6.07, 6.45) is 6.61. The van der Waals surface area contributed by atoms with E-state index in [1.807, 2.05) is 11.1 Å². The third kappa shape index (κ3) is 3.33. The Morgan fingerprint density at radius 2 is 2.30 bits per heavy atom. The molecule has 0 saturated carbocycles. The molecule has 1 saturated heterocycles. The second-order valence-corrected chi connectivity index (χ2v) is 6.72. The van der Waals surface area contributed by atoms with Crippen LogP contribution in [0.25, 0.3) is 0 Å². The summed E-state index contributed by atoms with van der Waals surface area (Å²) >= 11 is 0. The van der Waals surface area contributed by atoms with E-state index in [9.17, 15) is 4.79 Å². The second-order valence-electron chi connectivity index (χ2n) is 6.72. The van der Waals surface area contributed by atoms with Crippen molar-refractivity contribution in [1.29, 1.82) is 0 Å². The summed E-state index contributed by atoms with van der Waals surface area (Å²) in [4.78, 5) is 19.0. The Balaban J connectivity index is 1.69. The molecule has 124 valence electrons. The molecular formula is C18H25N3O2. The zero-order chi connectivity index (χ0) is 16.4. The van der Waals surface area contributed by atoms with Crippen molar-refractivity contribution in [1.82, 2.24) is 14.5 Å². The first-order valence-corrected chi connectivity index (χ1v) is 8.41. The lowest BCUT2D eigenvalue weighted by Crippen LogP contribution is -2.40. The molecular weight excluding hydrogens is 290 g/mol. The number of hydrogen-bond donors (Lipinski definition) is 0. The van der Waals surface area contributed by atoms with Crippen LogP contribution in [0.2, 0.25) is 0 Å².